The Morgan fingerprint density at radius 3 is 2.52 bits per heavy atom. The van der Waals surface area contributed by atoms with Crippen LogP contribution in [0, 0.1) is 24.0 Å². The lowest BCUT2D eigenvalue weighted by atomic mass is 9.79. The molecule has 1 fully saturated rings. The molecule has 1 heterocycles. The number of rotatable bonds is 3. The average Bonchev–Trinajstić information content (AvgIpc) is 2.45. The Morgan fingerprint density at radius 1 is 1.33 bits per heavy atom. The van der Waals surface area contributed by atoms with Gasteiger partial charge in [0.05, 0.1) is 10.7 Å². The summed E-state index contributed by atoms with van der Waals surface area (Å²) >= 11 is 4.99. The summed E-state index contributed by atoms with van der Waals surface area (Å²) in [5.41, 5.74) is 4.56. The van der Waals surface area contributed by atoms with Gasteiger partial charge in [0, 0.05) is 19.3 Å². The van der Waals surface area contributed by atoms with Crippen molar-refractivity contribution < 1.29 is 18.3 Å². The van der Waals surface area contributed by atoms with E-state index in [2.05, 4.69) is 5.32 Å². The van der Waals surface area contributed by atoms with Crippen molar-refractivity contribution in [2.24, 2.45) is 11.1 Å². The van der Waals surface area contributed by atoms with Crippen LogP contribution in [0.4, 0.5) is 14.5 Å². The fraction of sp³-hybridized carbons (Fsp3) is 0.429. The number of aryl methyl sites for hydroxylation is 1. The van der Waals surface area contributed by atoms with Crippen LogP contribution in [0.15, 0.2) is 12.1 Å². The van der Waals surface area contributed by atoms with E-state index < -0.39 is 23.0 Å². The van der Waals surface area contributed by atoms with Gasteiger partial charge in [-0.25, -0.2) is 8.78 Å². The molecule has 1 amide bonds. The second kappa shape index (κ2) is 6.03. The Hall–Kier alpha value is -1.60. The molecule has 0 atom stereocenters. The predicted molar refractivity (Wildman–Crippen MR) is 79.0 cm³/mol. The van der Waals surface area contributed by atoms with Crippen LogP contribution in [-0.4, -0.2) is 24.1 Å². The molecule has 1 aliphatic rings. The highest BCUT2D eigenvalue weighted by molar-refractivity contribution is 7.80. The Bertz CT molecular complexity index is 587. The number of nitrogens with two attached hydrogens (primary N) is 1. The van der Waals surface area contributed by atoms with Crippen molar-refractivity contribution in [1.82, 2.24) is 0 Å². The number of halogens is 2. The smallest absolute Gasteiger partial charge is 0.237 e. The highest BCUT2D eigenvalue weighted by Crippen LogP contribution is 2.33. The summed E-state index contributed by atoms with van der Waals surface area (Å²) in [6.45, 7) is 2.13. The van der Waals surface area contributed by atoms with Crippen LogP contribution in [0.5, 0.6) is 0 Å². The fourth-order valence-electron chi connectivity index (χ4n) is 2.29. The SMILES string of the molecule is Cc1cc(F)c(NC(=O)C2(C(N)=S)CCOCC2)cc1F. The molecule has 1 saturated heterocycles. The molecule has 0 spiro atoms. The van der Waals surface area contributed by atoms with Gasteiger partial charge in [0.25, 0.3) is 0 Å². The van der Waals surface area contributed by atoms with Gasteiger partial charge >= 0.3 is 0 Å². The van der Waals surface area contributed by atoms with E-state index >= 15 is 0 Å². The highest BCUT2D eigenvalue weighted by Gasteiger charge is 2.43. The Balaban J connectivity index is 2.27. The maximum atomic E-state index is 13.8. The second-order valence-corrected chi connectivity index (χ2v) is 5.53. The van der Waals surface area contributed by atoms with Crippen molar-refractivity contribution in [1.29, 1.82) is 0 Å². The second-order valence-electron chi connectivity index (χ2n) is 5.09. The summed E-state index contributed by atoms with van der Waals surface area (Å²) in [6.07, 6.45) is 0.647. The zero-order valence-electron chi connectivity index (χ0n) is 11.5. The van der Waals surface area contributed by atoms with Crippen molar-refractivity contribution in [3.63, 3.8) is 0 Å². The molecule has 0 aliphatic carbocycles. The molecule has 4 nitrogen and oxygen atoms in total. The third-order valence-electron chi connectivity index (χ3n) is 3.75. The number of carbonyl (C=O) groups is 1. The molecule has 2 rings (SSSR count). The number of amides is 1. The quantitative estimate of drug-likeness (QED) is 0.840. The van der Waals surface area contributed by atoms with Crippen LogP contribution in [0.1, 0.15) is 18.4 Å². The van der Waals surface area contributed by atoms with Crippen LogP contribution >= 0.6 is 12.2 Å². The van der Waals surface area contributed by atoms with E-state index in [1.807, 2.05) is 0 Å². The number of thiocarbonyl (C=S) groups is 1. The molecule has 21 heavy (non-hydrogen) atoms. The molecule has 0 aromatic heterocycles. The fourth-order valence-corrected chi connectivity index (χ4v) is 2.59. The van der Waals surface area contributed by atoms with Gasteiger partial charge in [0.1, 0.15) is 17.0 Å². The first-order valence-corrected chi connectivity index (χ1v) is 6.92. The van der Waals surface area contributed by atoms with Crippen LogP contribution < -0.4 is 11.1 Å². The van der Waals surface area contributed by atoms with Crippen LogP contribution in [0.2, 0.25) is 0 Å². The third-order valence-corrected chi connectivity index (χ3v) is 4.14. The van der Waals surface area contributed by atoms with Crippen LogP contribution in [0.3, 0.4) is 0 Å². The summed E-state index contributed by atoms with van der Waals surface area (Å²) in [6, 6.07) is 1.98. The topological polar surface area (TPSA) is 64.4 Å². The van der Waals surface area contributed by atoms with Gasteiger partial charge in [-0.05, 0) is 31.4 Å². The summed E-state index contributed by atoms with van der Waals surface area (Å²) in [7, 11) is 0. The summed E-state index contributed by atoms with van der Waals surface area (Å²) < 4.78 is 32.5. The lowest BCUT2D eigenvalue weighted by Gasteiger charge is -2.34. The lowest BCUT2D eigenvalue weighted by molar-refractivity contribution is -0.126. The molecular weight excluding hydrogens is 298 g/mol. The van der Waals surface area contributed by atoms with Crippen molar-refractivity contribution in [3.8, 4) is 0 Å². The molecule has 3 N–H and O–H groups in total. The molecule has 114 valence electrons. The lowest BCUT2D eigenvalue weighted by Crippen LogP contribution is -2.49. The van der Waals surface area contributed by atoms with Crippen molar-refractivity contribution >= 4 is 28.8 Å². The van der Waals surface area contributed by atoms with E-state index in [1.165, 1.54) is 6.92 Å². The van der Waals surface area contributed by atoms with Gasteiger partial charge in [-0.3, -0.25) is 4.79 Å². The first-order chi connectivity index (χ1) is 9.86. The zero-order chi connectivity index (χ0) is 15.6. The van der Waals surface area contributed by atoms with Gasteiger partial charge in [0.15, 0.2) is 0 Å². The largest absolute Gasteiger partial charge is 0.392 e. The summed E-state index contributed by atoms with van der Waals surface area (Å²) in [4.78, 5) is 12.5. The van der Waals surface area contributed by atoms with Crippen molar-refractivity contribution in [2.45, 2.75) is 19.8 Å². The maximum absolute atomic E-state index is 13.8. The normalized spacial score (nSPS) is 17.3. The van der Waals surface area contributed by atoms with Gasteiger partial charge in [-0.15, -0.1) is 0 Å². The minimum Gasteiger partial charge on any atom is -0.392 e. The minimum absolute atomic E-state index is 0.0382. The monoisotopic (exact) mass is 314 g/mol. The average molecular weight is 314 g/mol. The Labute approximate surface area is 126 Å². The van der Waals surface area contributed by atoms with Crippen molar-refractivity contribution in [3.05, 3.63) is 29.3 Å². The molecule has 7 heteroatoms. The van der Waals surface area contributed by atoms with Crippen LogP contribution in [0.25, 0.3) is 0 Å². The third kappa shape index (κ3) is 3.03. The maximum Gasteiger partial charge on any atom is 0.237 e. The summed E-state index contributed by atoms with van der Waals surface area (Å²) in [5, 5.41) is 2.39. The van der Waals surface area contributed by atoms with E-state index in [-0.39, 0.29) is 16.2 Å². The Kier molecular flexibility index (Phi) is 4.53. The molecular formula is C14H16F2N2O2S. The number of hydrogen-bond donors (Lipinski definition) is 2. The zero-order valence-corrected chi connectivity index (χ0v) is 12.4. The highest BCUT2D eigenvalue weighted by atomic mass is 32.1. The first kappa shape index (κ1) is 15.8. The molecule has 1 aromatic carbocycles. The van der Waals surface area contributed by atoms with Crippen molar-refractivity contribution in [2.75, 3.05) is 18.5 Å². The molecule has 0 bridgehead atoms. The molecule has 0 radical (unpaired) electrons. The number of carbonyl (C=O) groups excluding carboxylic acids is 1. The first-order valence-electron chi connectivity index (χ1n) is 6.51. The summed E-state index contributed by atoms with van der Waals surface area (Å²) in [5.74, 6) is -1.82. The Morgan fingerprint density at radius 2 is 1.95 bits per heavy atom. The number of hydrogen-bond acceptors (Lipinski definition) is 3. The number of anilines is 1. The molecule has 0 unspecified atom stereocenters. The van der Waals surface area contributed by atoms with E-state index in [9.17, 15) is 13.6 Å². The van der Waals surface area contributed by atoms with Gasteiger partial charge in [0.2, 0.25) is 5.91 Å². The number of nitrogens with one attached hydrogen (secondary N) is 1. The van der Waals surface area contributed by atoms with Gasteiger partial charge in [-0.1, -0.05) is 12.2 Å². The predicted octanol–water partition coefficient (Wildman–Crippen LogP) is 2.29. The molecule has 1 aliphatic heterocycles. The van der Waals surface area contributed by atoms with E-state index in [4.69, 9.17) is 22.7 Å². The van der Waals surface area contributed by atoms with Crippen LogP contribution in [-0.2, 0) is 9.53 Å². The van der Waals surface area contributed by atoms with E-state index in [0.717, 1.165) is 12.1 Å². The van der Waals surface area contributed by atoms with Gasteiger partial charge in [-0.2, -0.15) is 0 Å². The number of benzene rings is 1. The standard InChI is InChI=1S/C14H16F2N2O2S/c1-8-6-10(16)11(7-9(8)15)18-13(19)14(12(17)21)2-4-20-5-3-14/h6-7H,2-5H2,1H3,(H2,17,21)(H,18,19). The molecule has 0 saturated carbocycles. The minimum atomic E-state index is -1.08. The van der Waals surface area contributed by atoms with E-state index in [0.29, 0.717) is 26.1 Å². The van der Waals surface area contributed by atoms with E-state index in [1.54, 1.807) is 0 Å². The van der Waals surface area contributed by atoms with Gasteiger partial charge < -0.3 is 15.8 Å². The molecule has 1 aromatic rings. The number of ether oxygens (including phenoxy) is 1.